The number of carbonyl (C=O) groups excluding carboxylic acids is 1. The van der Waals surface area contributed by atoms with Crippen LogP contribution in [0.25, 0.3) is 0 Å². The van der Waals surface area contributed by atoms with E-state index in [0.717, 1.165) is 6.42 Å². The summed E-state index contributed by atoms with van der Waals surface area (Å²) in [5.74, 6) is 0.985. The molecule has 0 bridgehead atoms. The highest BCUT2D eigenvalue weighted by Crippen LogP contribution is 2.08. The lowest BCUT2D eigenvalue weighted by Gasteiger charge is -2.06. The number of hydrogen-bond donors (Lipinski definition) is 2. The van der Waals surface area contributed by atoms with Crippen molar-refractivity contribution in [2.75, 3.05) is 5.32 Å². The highest BCUT2D eigenvalue weighted by molar-refractivity contribution is 5.89. The minimum Gasteiger partial charge on any atom is -0.390 e. The molecule has 0 spiro atoms. The fraction of sp³-hybridized carbons (Fsp3) is 0.500. The summed E-state index contributed by atoms with van der Waals surface area (Å²) in [6.45, 7) is 4.05. The zero-order chi connectivity index (χ0) is 12.0. The Labute approximate surface area is 95.7 Å². The van der Waals surface area contributed by atoms with Crippen LogP contribution in [0.15, 0.2) is 18.2 Å². The summed E-state index contributed by atoms with van der Waals surface area (Å²) in [5.41, 5.74) is 0.557. The molecule has 88 valence electrons. The molecule has 0 unspecified atom stereocenters. The van der Waals surface area contributed by atoms with Crippen molar-refractivity contribution in [2.24, 2.45) is 5.92 Å². The number of rotatable bonds is 5. The summed E-state index contributed by atoms with van der Waals surface area (Å²) in [6.07, 6.45) is 1.37. The lowest BCUT2D eigenvalue weighted by molar-refractivity contribution is -0.116. The van der Waals surface area contributed by atoms with Gasteiger partial charge in [-0.2, -0.15) is 0 Å². The van der Waals surface area contributed by atoms with Crippen LogP contribution in [-0.2, 0) is 11.4 Å². The van der Waals surface area contributed by atoms with Crippen LogP contribution in [0, 0.1) is 5.92 Å². The van der Waals surface area contributed by atoms with Gasteiger partial charge in [-0.3, -0.25) is 4.79 Å². The Hall–Kier alpha value is -1.42. The first kappa shape index (κ1) is 12.6. The molecule has 2 N–H and O–H groups in total. The Bertz CT molecular complexity index is 351. The van der Waals surface area contributed by atoms with E-state index in [4.69, 9.17) is 5.11 Å². The fourth-order valence-corrected chi connectivity index (χ4v) is 1.26. The number of carbonyl (C=O) groups is 1. The zero-order valence-corrected chi connectivity index (χ0v) is 9.73. The average molecular weight is 222 g/mol. The largest absolute Gasteiger partial charge is 0.390 e. The molecule has 0 saturated carbocycles. The monoisotopic (exact) mass is 222 g/mol. The second-order valence-corrected chi connectivity index (χ2v) is 4.15. The smallest absolute Gasteiger partial charge is 0.225 e. The zero-order valence-electron chi connectivity index (χ0n) is 9.73. The summed E-state index contributed by atoms with van der Waals surface area (Å²) in [4.78, 5) is 15.6. The van der Waals surface area contributed by atoms with E-state index >= 15 is 0 Å². The Balaban J connectivity index is 2.49. The van der Waals surface area contributed by atoms with E-state index < -0.39 is 0 Å². The molecule has 16 heavy (non-hydrogen) atoms. The fourth-order valence-electron chi connectivity index (χ4n) is 1.26. The first-order valence-corrected chi connectivity index (χ1v) is 5.48. The summed E-state index contributed by atoms with van der Waals surface area (Å²) < 4.78 is 0. The van der Waals surface area contributed by atoms with Gasteiger partial charge in [-0.05, 0) is 24.5 Å². The molecule has 1 rings (SSSR count). The van der Waals surface area contributed by atoms with E-state index in [9.17, 15) is 4.79 Å². The van der Waals surface area contributed by atoms with Gasteiger partial charge in [0.2, 0.25) is 5.91 Å². The maximum Gasteiger partial charge on any atom is 0.225 e. The molecule has 0 aliphatic carbocycles. The van der Waals surface area contributed by atoms with Crippen molar-refractivity contribution in [3.05, 3.63) is 23.9 Å². The number of aliphatic hydroxyl groups is 1. The molecule has 1 aromatic heterocycles. The lowest BCUT2D eigenvalue weighted by Crippen LogP contribution is -2.13. The summed E-state index contributed by atoms with van der Waals surface area (Å²) >= 11 is 0. The molecule has 0 atom stereocenters. The van der Waals surface area contributed by atoms with Crippen LogP contribution < -0.4 is 5.32 Å². The molecule has 0 fully saturated rings. The minimum absolute atomic E-state index is 0.0312. The van der Waals surface area contributed by atoms with Crippen molar-refractivity contribution in [3.8, 4) is 0 Å². The van der Waals surface area contributed by atoms with Crippen LogP contribution in [0.2, 0.25) is 0 Å². The van der Waals surface area contributed by atoms with Gasteiger partial charge in [0, 0.05) is 6.42 Å². The molecule has 0 aliphatic heterocycles. The van der Waals surface area contributed by atoms with Crippen molar-refractivity contribution in [2.45, 2.75) is 33.3 Å². The van der Waals surface area contributed by atoms with Crippen molar-refractivity contribution < 1.29 is 9.90 Å². The van der Waals surface area contributed by atoms with Crippen LogP contribution in [0.4, 0.5) is 5.82 Å². The number of amides is 1. The van der Waals surface area contributed by atoms with Crippen molar-refractivity contribution >= 4 is 11.7 Å². The van der Waals surface area contributed by atoms with E-state index in [1.165, 1.54) is 0 Å². The van der Waals surface area contributed by atoms with Gasteiger partial charge in [-0.1, -0.05) is 19.9 Å². The second-order valence-electron chi connectivity index (χ2n) is 4.15. The Morgan fingerprint density at radius 1 is 1.50 bits per heavy atom. The van der Waals surface area contributed by atoms with Crippen molar-refractivity contribution in [3.63, 3.8) is 0 Å². The Morgan fingerprint density at radius 2 is 2.25 bits per heavy atom. The van der Waals surface area contributed by atoms with Crippen LogP contribution in [0.5, 0.6) is 0 Å². The van der Waals surface area contributed by atoms with Crippen LogP contribution in [0.1, 0.15) is 32.4 Å². The van der Waals surface area contributed by atoms with E-state index in [0.29, 0.717) is 23.9 Å². The number of hydrogen-bond acceptors (Lipinski definition) is 3. The number of aliphatic hydroxyl groups excluding tert-OH is 1. The SMILES string of the molecule is CC(C)CCC(=O)Nc1cccc(CO)n1. The van der Waals surface area contributed by atoms with Crippen LogP contribution in [0.3, 0.4) is 0 Å². The molecule has 1 aromatic rings. The standard InChI is InChI=1S/C12H18N2O2/c1-9(2)6-7-12(16)14-11-5-3-4-10(8-15)13-11/h3-5,9,15H,6-8H2,1-2H3,(H,13,14,16). The molecule has 1 heterocycles. The number of aromatic nitrogens is 1. The predicted molar refractivity (Wildman–Crippen MR) is 62.9 cm³/mol. The van der Waals surface area contributed by atoms with Crippen molar-refractivity contribution in [1.82, 2.24) is 4.98 Å². The van der Waals surface area contributed by atoms with Gasteiger partial charge in [0.1, 0.15) is 5.82 Å². The third-order valence-electron chi connectivity index (χ3n) is 2.19. The minimum atomic E-state index is -0.115. The molecule has 4 heteroatoms. The molecule has 0 saturated heterocycles. The molecule has 1 amide bonds. The summed E-state index contributed by atoms with van der Waals surface area (Å²) in [7, 11) is 0. The molecular formula is C12H18N2O2. The van der Waals surface area contributed by atoms with Gasteiger partial charge in [0.25, 0.3) is 0 Å². The van der Waals surface area contributed by atoms with Gasteiger partial charge in [0.05, 0.1) is 12.3 Å². The topological polar surface area (TPSA) is 62.2 Å². The average Bonchev–Trinajstić information content (AvgIpc) is 2.26. The quantitative estimate of drug-likeness (QED) is 0.800. The van der Waals surface area contributed by atoms with E-state index in [2.05, 4.69) is 24.1 Å². The number of nitrogens with one attached hydrogen (secondary N) is 1. The van der Waals surface area contributed by atoms with Gasteiger partial charge < -0.3 is 10.4 Å². The molecular weight excluding hydrogens is 204 g/mol. The lowest BCUT2D eigenvalue weighted by atomic mass is 10.1. The van der Waals surface area contributed by atoms with Gasteiger partial charge in [0.15, 0.2) is 0 Å². The van der Waals surface area contributed by atoms with Crippen LogP contribution >= 0.6 is 0 Å². The van der Waals surface area contributed by atoms with E-state index in [1.54, 1.807) is 18.2 Å². The highest BCUT2D eigenvalue weighted by atomic mass is 16.3. The first-order valence-electron chi connectivity index (χ1n) is 5.48. The maximum atomic E-state index is 11.5. The number of pyridine rings is 1. The predicted octanol–water partition coefficient (Wildman–Crippen LogP) is 1.95. The first-order chi connectivity index (χ1) is 7.61. The van der Waals surface area contributed by atoms with E-state index in [-0.39, 0.29) is 12.5 Å². The molecule has 0 radical (unpaired) electrons. The third kappa shape index (κ3) is 4.40. The summed E-state index contributed by atoms with van der Waals surface area (Å²) in [5, 5.41) is 11.6. The van der Waals surface area contributed by atoms with Crippen LogP contribution in [-0.4, -0.2) is 16.0 Å². The van der Waals surface area contributed by atoms with Crippen molar-refractivity contribution in [1.29, 1.82) is 0 Å². The molecule has 0 aromatic carbocycles. The van der Waals surface area contributed by atoms with E-state index in [1.807, 2.05) is 0 Å². The number of anilines is 1. The Morgan fingerprint density at radius 3 is 2.88 bits per heavy atom. The number of nitrogens with zero attached hydrogens (tertiary/aromatic N) is 1. The molecule has 4 nitrogen and oxygen atoms in total. The second kappa shape index (κ2) is 6.23. The maximum absolute atomic E-state index is 11.5. The van der Waals surface area contributed by atoms with Gasteiger partial charge in [-0.15, -0.1) is 0 Å². The normalized spacial score (nSPS) is 10.5. The summed E-state index contributed by atoms with van der Waals surface area (Å²) in [6, 6.07) is 5.19. The van der Waals surface area contributed by atoms with Gasteiger partial charge >= 0.3 is 0 Å². The molecule has 0 aliphatic rings. The van der Waals surface area contributed by atoms with Gasteiger partial charge in [-0.25, -0.2) is 4.98 Å². The third-order valence-corrected chi connectivity index (χ3v) is 2.19. The highest BCUT2D eigenvalue weighted by Gasteiger charge is 2.05. The Kier molecular flexibility index (Phi) is 4.92.